The van der Waals surface area contributed by atoms with Crippen LogP contribution < -0.4 is 5.32 Å². The maximum absolute atomic E-state index is 12.2. The second-order valence-corrected chi connectivity index (χ2v) is 4.92. The Bertz CT molecular complexity index is 731. The van der Waals surface area contributed by atoms with Crippen molar-refractivity contribution in [1.82, 2.24) is 10.3 Å². The van der Waals surface area contributed by atoms with Crippen molar-refractivity contribution in [3.8, 4) is 0 Å². The number of benzene rings is 1. The van der Waals surface area contributed by atoms with Crippen LogP contribution in [0.25, 0.3) is 0 Å². The summed E-state index contributed by atoms with van der Waals surface area (Å²) in [5.74, 6) is -1.06. The topological polar surface area (TPSA) is 111 Å². The van der Waals surface area contributed by atoms with Crippen LogP contribution in [0, 0.1) is 10.1 Å². The number of pyridine rings is 1. The minimum atomic E-state index is -0.913. The number of nitrogens with zero attached hydrogens (tertiary/aromatic N) is 2. The van der Waals surface area contributed by atoms with Crippen molar-refractivity contribution in [2.75, 3.05) is 7.11 Å². The highest BCUT2D eigenvalue weighted by Crippen LogP contribution is 2.14. The number of nitro groups is 1. The van der Waals surface area contributed by atoms with Crippen LogP contribution in [0.4, 0.5) is 5.69 Å². The van der Waals surface area contributed by atoms with Crippen LogP contribution in [0.3, 0.4) is 0 Å². The van der Waals surface area contributed by atoms with Crippen molar-refractivity contribution in [2.24, 2.45) is 0 Å². The van der Waals surface area contributed by atoms with Crippen LogP contribution in [0.5, 0.6) is 0 Å². The maximum atomic E-state index is 12.2. The molecule has 124 valence electrons. The first-order chi connectivity index (χ1) is 11.5. The van der Waals surface area contributed by atoms with Gasteiger partial charge in [-0.15, -0.1) is 0 Å². The van der Waals surface area contributed by atoms with Gasteiger partial charge in [-0.05, 0) is 17.7 Å². The van der Waals surface area contributed by atoms with Crippen molar-refractivity contribution < 1.29 is 19.2 Å². The number of carbonyl (C=O) groups is 2. The lowest BCUT2D eigenvalue weighted by atomic mass is 10.1. The van der Waals surface area contributed by atoms with Gasteiger partial charge in [-0.3, -0.25) is 19.9 Å². The summed E-state index contributed by atoms with van der Waals surface area (Å²) in [6.45, 7) is 0. The molecule has 8 nitrogen and oxygen atoms in total. The van der Waals surface area contributed by atoms with E-state index in [1.165, 1.54) is 43.8 Å². The Morgan fingerprint density at radius 1 is 1.29 bits per heavy atom. The van der Waals surface area contributed by atoms with Gasteiger partial charge in [0.05, 0.1) is 17.6 Å². The third kappa shape index (κ3) is 4.35. The summed E-state index contributed by atoms with van der Waals surface area (Å²) in [5.41, 5.74) is 0.922. The number of carbonyl (C=O) groups excluding carboxylic acids is 2. The largest absolute Gasteiger partial charge is 0.467 e. The molecule has 1 N–H and O–H groups in total. The Labute approximate surface area is 137 Å². The molecule has 1 amide bonds. The van der Waals surface area contributed by atoms with Gasteiger partial charge in [0.15, 0.2) is 0 Å². The van der Waals surface area contributed by atoms with Crippen LogP contribution in [0.1, 0.15) is 15.9 Å². The van der Waals surface area contributed by atoms with Gasteiger partial charge in [0, 0.05) is 30.9 Å². The van der Waals surface area contributed by atoms with Crippen molar-refractivity contribution in [3.63, 3.8) is 0 Å². The fourth-order valence-corrected chi connectivity index (χ4v) is 2.06. The highest BCUT2D eigenvalue weighted by Gasteiger charge is 2.23. The van der Waals surface area contributed by atoms with Gasteiger partial charge in [-0.2, -0.15) is 0 Å². The van der Waals surface area contributed by atoms with Gasteiger partial charge in [-0.25, -0.2) is 4.79 Å². The molecule has 1 atom stereocenters. The zero-order valence-corrected chi connectivity index (χ0v) is 12.8. The number of esters is 1. The molecule has 0 aliphatic heterocycles. The monoisotopic (exact) mass is 329 g/mol. The van der Waals surface area contributed by atoms with E-state index >= 15 is 0 Å². The summed E-state index contributed by atoms with van der Waals surface area (Å²) in [4.78, 5) is 38.1. The normalized spacial score (nSPS) is 11.4. The molecule has 1 heterocycles. The minimum Gasteiger partial charge on any atom is -0.467 e. The van der Waals surface area contributed by atoms with Gasteiger partial charge in [0.1, 0.15) is 6.04 Å². The lowest BCUT2D eigenvalue weighted by Crippen LogP contribution is -2.43. The van der Waals surface area contributed by atoms with E-state index < -0.39 is 22.8 Å². The third-order valence-corrected chi connectivity index (χ3v) is 3.30. The van der Waals surface area contributed by atoms with E-state index in [1.54, 1.807) is 12.1 Å². The fourth-order valence-electron chi connectivity index (χ4n) is 2.06. The number of hydrogen-bond acceptors (Lipinski definition) is 6. The predicted molar refractivity (Wildman–Crippen MR) is 84.3 cm³/mol. The van der Waals surface area contributed by atoms with Crippen LogP contribution in [0.15, 0.2) is 48.8 Å². The summed E-state index contributed by atoms with van der Waals surface area (Å²) in [5, 5.41) is 13.2. The minimum absolute atomic E-state index is 0.0484. The molecule has 8 heteroatoms. The number of rotatable bonds is 6. The van der Waals surface area contributed by atoms with Crippen molar-refractivity contribution in [2.45, 2.75) is 12.5 Å². The number of hydrogen-bond donors (Lipinski definition) is 1. The molecule has 0 aliphatic rings. The number of nitrogens with one attached hydrogen (secondary N) is 1. The highest BCUT2D eigenvalue weighted by molar-refractivity contribution is 5.96. The van der Waals surface area contributed by atoms with Crippen molar-refractivity contribution in [3.05, 3.63) is 70.0 Å². The summed E-state index contributed by atoms with van der Waals surface area (Å²) in [6.07, 6.45) is 3.07. The molecule has 1 aromatic carbocycles. The number of amides is 1. The lowest BCUT2D eigenvalue weighted by Gasteiger charge is -2.16. The Morgan fingerprint density at radius 3 is 2.54 bits per heavy atom. The van der Waals surface area contributed by atoms with E-state index in [4.69, 9.17) is 4.74 Å². The Kier molecular flexibility index (Phi) is 5.56. The highest BCUT2D eigenvalue weighted by atomic mass is 16.6. The lowest BCUT2D eigenvalue weighted by molar-refractivity contribution is -0.384. The molecule has 0 fully saturated rings. The average Bonchev–Trinajstić information content (AvgIpc) is 2.61. The van der Waals surface area contributed by atoms with Gasteiger partial charge >= 0.3 is 5.97 Å². The first-order valence-electron chi connectivity index (χ1n) is 7.03. The maximum Gasteiger partial charge on any atom is 0.328 e. The SMILES string of the molecule is COC(=O)[C@H](Cc1ccc([N+](=O)[O-])cc1)NC(=O)c1cccnc1. The molecule has 24 heavy (non-hydrogen) atoms. The van der Waals surface area contributed by atoms with E-state index in [0.29, 0.717) is 11.1 Å². The molecule has 0 saturated heterocycles. The Morgan fingerprint density at radius 2 is 2.00 bits per heavy atom. The van der Waals surface area contributed by atoms with Crippen molar-refractivity contribution in [1.29, 1.82) is 0 Å². The molecule has 1 aromatic heterocycles. The summed E-state index contributed by atoms with van der Waals surface area (Å²) in [6, 6.07) is 8.01. The van der Waals surface area contributed by atoms with Crippen LogP contribution in [-0.2, 0) is 16.0 Å². The number of aromatic nitrogens is 1. The number of ether oxygens (including phenoxy) is 1. The predicted octanol–water partition coefficient (Wildman–Crippen LogP) is 1.50. The molecule has 2 aromatic rings. The van der Waals surface area contributed by atoms with Crippen LogP contribution >= 0.6 is 0 Å². The molecule has 0 radical (unpaired) electrons. The van der Waals surface area contributed by atoms with E-state index in [0.717, 1.165) is 0 Å². The zero-order chi connectivity index (χ0) is 17.5. The second kappa shape index (κ2) is 7.82. The summed E-state index contributed by atoms with van der Waals surface area (Å²) in [7, 11) is 1.22. The van der Waals surface area contributed by atoms with Gasteiger partial charge in [0.2, 0.25) is 0 Å². The van der Waals surface area contributed by atoms with E-state index in [1.807, 2.05) is 0 Å². The standard InChI is InChI=1S/C16H15N3O5/c1-24-16(21)14(18-15(20)12-3-2-8-17-10-12)9-11-4-6-13(7-5-11)19(22)23/h2-8,10,14H,9H2,1H3,(H,18,20)/t14-/m0/s1. The quantitative estimate of drug-likeness (QED) is 0.488. The first-order valence-corrected chi connectivity index (χ1v) is 7.03. The van der Waals surface area contributed by atoms with Gasteiger partial charge < -0.3 is 10.1 Å². The van der Waals surface area contributed by atoms with E-state index in [-0.39, 0.29) is 12.1 Å². The number of non-ortho nitro benzene ring substituents is 1. The molecule has 0 saturated carbocycles. The third-order valence-electron chi connectivity index (χ3n) is 3.30. The van der Waals surface area contributed by atoms with E-state index in [9.17, 15) is 19.7 Å². The Balaban J connectivity index is 2.12. The Hall–Kier alpha value is -3.29. The molecular formula is C16H15N3O5. The van der Waals surface area contributed by atoms with Crippen LogP contribution in [0.2, 0.25) is 0 Å². The van der Waals surface area contributed by atoms with Crippen LogP contribution in [-0.4, -0.2) is 34.9 Å². The number of nitro benzene ring substituents is 1. The van der Waals surface area contributed by atoms with Crippen molar-refractivity contribution >= 4 is 17.6 Å². The smallest absolute Gasteiger partial charge is 0.328 e. The molecule has 0 spiro atoms. The molecule has 2 rings (SSSR count). The fraction of sp³-hybridized carbons (Fsp3) is 0.188. The van der Waals surface area contributed by atoms with Gasteiger partial charge in [0.25, 0.3) is 11.6 Å². The summed E-state index contributed by atoms with van der Waals surface area (Å²) >= 11 is 0. The van der Waals surface area contributed by atoms with E-state index in [2.05, 4.69) is 10.3 Å². The molecule has 0 unspecified atom stereocenters. The number of methoxy groups -OCH3 is 1. The second-order valence-electron chi connectivity index (χ2n) is 4.92. The molecular weight excluding hydrogens is 314 g/mol. The molecule has 0 aliphatic carbocycles. The average molecular weight is 329 g/mol. The van der Waals surface area contributed by atoms with Gasteiger partial charge in [-0.1, -0.05) is 12.1 Å². The zero-order valence-electron chi connectivity index (χ0n) is 12.8. The molecule has 0 bridgehead atoms. The summed E-state index contributed by atoms with van der Waals surface area (Å²) < 4.78 is 4.71. The first kappa shape index (κ1) is 17.1.